The number of carboxylic acid groups (broad SMARTS) is 1. The highest BCUT2D eigenvalue weighted by Crippen LogP contribution is 2.23. The summed E-state index contributed by atoms with van der Waals surface area (Å²) in [6.45, 7) is 0.972. The predicted molar refractivity (Wildman–Crippen MR) is 49.6 cm³/mol. The Kier molecular flexibility index (Phi) is 5.48. The fraction of sp³-hybridized carbons (Fsp3) is 0.125. The molecule has 68 valence electrons. The number of carboxylic acids is 1. The van der Waals surface area contributed by atoms with Gasteiger partial charge in [0.25, 0.3) is 0 Å². The van der Waals surface area contributed by atoms with Crippen LogP contribution in [0.3, 0.4) is 0 Å². The average molecular weight is 243 g/mol. The van der Waals surface area contributed by atoms with Crippen molar-refractivity contribution in [1.82, 2.24) is 0 Å². The van der Waals surface area contributed by atoms with Gasteiger partial charge >= 0.3 is 5.69 Å². The van der Waals surface area contributed by atoms with Crippen molar-refractivity contribution >= 4 is 27.6 Å². The summed E-state index contributed by atoms with van der Waals surface area (Å²) in [4.78, 5) is 11.9. The monoisotopic (exact) mass is 242 g/mol. The Morgan fingerprint density at radius 2 is 2.00 bits per heavy atom. The second kappa shape index (κ2) is 6.14. The van der Waals surface area contributed by atoms with E-state index in [0.29, 0.717) is 5.69 Å². The first-order valence-corrected chi connectivity index (χ1v) is 4.14. The molecule has 1 aromatic rings. The van der Waals surface area contributed by atoms with E-state index in [9.17, 15) is 0 Å². The smallest absolute Gasteiger partial charge is 0.399 e. The molecule has 0 radical (unpaired) electrons. The molecule has 0 amide bonds. The number of carbonyl (C=O) groups excluding carboxylic acids is 1. The van der Waals surface area contributed by atoms with Gasteiger partial charge in [0.1, 0.15) is 4.47 Å². The molecule has 0 fully saturated rings. The van der Waals surface area contributed by atoms with Crippen molar-refractivity contribution in [3.05, 3.63) is 33.7 Å². The van der Waals surface area contributed by atoms with Crippen LogP contribution in [0, 0.1) is 5.39 Å². The van der Waals surface area contributed by atoms with Gasteiger partial charge in [-0.1, -0.05) is 12.1 Å². The SMILES string of the molecule is CC(=O)[O-].N#[N+]c1ccccc1Br. The maximum Gasteiger partial charge on any atom is 0.399 e. The minimum Gasteiger partial charge on any atom is -0.550 e. The highest BCUT2D eigenvalue weighted by molar-refractivity contribution is 9.10. The number of nitrogens with zero attached hydrogens (tertiary/aromatic N) is 2. The van der Waals surface area contributed by atoms with Crippen LogP contribution in [0.25, 0.3) is 4.98 Å². The molecular weight excluding hydrogens is 236 g/mol. The fourth-order valence-corrected chi connectivity index (χ4v) is 0.897. The number of halogens is 1. The second-order valence-corrected chi connectivity index (χ2v) is 2.90. The number of diazo groups is 1. The van der Waals surface area contributed by atoms with Gasteiger partial charge in [-0.3, -0.25) is 0 Å². The van der Waals surface area contributed by atoms with Crippen molar-refractivity contribution in [1.29, 1.82) is 5.39 Å². The first-order valence-electron chi connectivity index (χ1n) is 3.35. The van der Waals surface area contributed by atoms with Crippen LogP contribution >= 0.6 is 15.9 Å². The molecular formula is C8H7BrN2O2. The first-order chi connectivity index (χ1) is 6.07. The van der Waals surface area contributed by atoms with Crippen LogP contribution in [0.5, 0.6) is 0 Å². The Hall–Kier alpha value is -1.41. The zero-order valence-electron chi connectivity index (χ0n) is 6.90. The van der Waals surface area contributed by atoms with Gasteiger partial charge in [0.2, 0.25) is 5.39 Å². The van der Waals surface area contributed by atoms with Crippen molar-refractivity contribution in [3.63, 3.8) is 0 Å². The molecule has 1 rings (SSSR count). The lowest BCUT2D eigenvalue weighted by Gasteiger charge is -1.78. The van der Waals surface area contributed by atoms with Crippen LogP contribution in [0.4, 0.5) is 5.69 Å². The Morgan fingerprint density at radius 3 is 2.31 bits per heavy atom. The van der Waals surface area contributed by atoms with Gasteiger partial charge in [-0.05, 0) is 28.9 Å². The molecule has 4 nitrogen and oxygen atoms in total. The van der Waals surface area contributed by atoms with Gasteiger partial charge in [0.05, 0.1) is 0 Å². The van der Waals surface area contributed by atoms with E-state index in [4.69, 9.17) is 15.3 Å². The predicted octanol–water partition coefficient (Wildman–Crippen LogP) is 1.69. The number of rotatable bonds is 0. The van der Waals surface area contributed by atoms with E-state index in [1.165, 1.54) is 0 Å². The lowest BCUT2D eigenvalue weighted by molar-refractivity contribution is -0.302. The topological polar surface area (TPSA) is 68.3 Å². The molecule has 0 heterocycles. The molecule has 0 spiro atoms. The molecule has 0 saturated heterocycles. The van der Waals surface area contributed by atoms with Gasteiger partial charge in [0, 0.05) is 12.0 Å². The van der Waals surface area contributed by atoms with Crippen LogP contribution in [0.1, 0.15) is 6.92 Å². The van der Waals surface area contributed by atoms with Crippen LogP contribution in [-0.4, -0.2) is 5.97 Å². The Balaban J connectivity index is 0.000000310. The van der Waals surface area contributed by atoms with Crippen LogP contribution in [0.15, 0.2) is 28.7 Å². The summed E-state index contributed by atoms with van der Waals surface area (Å²) in [6, 6.07) is 7.19. The summed E-state index contributed by atoms with van der Waals surface area (Å²) < 4.78 is 0.799. The molecule has 0 saturated carbocycles. The third-order valence-corrected chi connectivity index (χ3v) is 1.63. The molecule has 0 unspecified atom stereocenters. The van der Waals surface area contributed by atoms with E-state index in [1.54, 1.807) is 12.1 Å². The van der Waals surface area contributed by atoms with Gasteiger partial charge < -0.3 is 9.90 Å². The van der Waals surface area contributed by atoms with Gasteiger partial charge in [-0.25, -0.2) is 0 Å². The molecule has 0 aromatic heterocycles. The standard InChI is InChI=1S/C6H4BrN2.C2H4O2/c7-5-3-1-2-4-6(5)9-8;1-2(3)4/h1-4H;1H3,(H,3,4)/q+1;/p-1. The van der Waals surface area contributed by atoms with Crippen molar-refractivity contribution < 1.29 is 9.90 Å². The minimum absolute atomic E-state index is 0.553. The van der Waals surface area contributed by atoms with Crippen molar-refractivity contribution in [2.45, 2.75) is 6.92 Å². The van der Waals surface area contributed by atoms with E-state index in [2.05, 4.69) is 20.9 Å². The lowest BCUT2D eigenvalue weighted by Crippen LogP contribution is -2.16. The number of benzene rings is 1. The summed E-state index contributed by atoms with van der Waals surface area (Å²) in [7, 11) is 0. The number of aliphatic carboxylic acids is 1. The molecule has 5 heteroatoms. The third-order valence-electron chi connectivity index (χ3n) is 0.960. The number of carbonyl (C=O) groups is 1. The first kappa shape index (κ1) is 11.6. The fourth-order valence-electron chi connectivity index (χ4n) is 0.533. The van der Waals surface area contributed by atoms with Gasteiger partial charge in [0.15, 0.2) is 4.98 Å². The molecule has 0 aliphatic carbocycles. The summed E-state index contributed by atoms with van der Waals surface area (Å²) >= 11 is 3.20. The van der Waals surface area contributed by atoms with Crippen molar-refractivity contribution in [2.24, 2.45) is 0 Å². The van der Waals surface area contributed by atoms with E-state index in [0.717, 1.165) is 11.4 Å². The van der Waals surface area contributed by atoms with E-state index in [-0.39, 0.29) is 0 Å². The molecule has 1 aromatic carbocycles. The van der Waals surface area contributed by atoms with Crippen LogP contribution in [0.2, 0.25) is 0 Å². The zero-order valence-corrected chi connectivity index (χ0v) is 8.48. The van der Waals surface area contributed by atoms with Crippen LogP contribution in [-0.2, 0) is 4.79 Å². The summed E-state index contributed by atoms with van der Waals surface area (Å²) in [5.74, 6) is -1.08. The minimum atomic E-state index is -1.08. The molecule has 0 N–H and O–H groups in total. The van der Waals surface area contributed by atoms with Gasteiger partial charge in [-0.15, -0.1) is 0 Å². The normalized spacial score (nSPS) is 7.77. The van der Waals surface area contributed by atoms with Crippen molar-refractivity contribution in [2.75, 3.05) is 0 Å². The lowest BCUT2D eigenvalue weighted by atomic mass is 10.3. The highest BCUT2D eigenvalue weighted by atomic mass is 79.9. The summed E-state index contributed by atoms with van der Waals surface area (Å²) in [5.41, 5.74) is 0.553. The van der Waals surface area contributed by atoms with E-state index < -0.39 is 5.97 Å². The largest absolute Gasteiger partial charge is 0.550 e. The second-order valence-electron chi connectivity index (χ2n) is 2.04. The van der Waals surface area contributed by atoms with Crippen LogP contribution < -0.4 is 5.11 Å². The quantitative estimate of drug-likeness (QED) is 0.651. The maximum absolute atomic E-state index is 8.89. The third kappa shape index (κ3) is 5.82. The zero-order chi connectivity index (χ0) is 10.3. The molecule has 13 heavy (non-hydrogen) atoms. The number of hydrogen-bond donors (Lipinski definition) is 0. The molecule has 0 bridgehead atoms. The summed E-state index contributed by atoms with van der Waals surface area (Å²) in [5, 5.41) is 17.2. The molecule has 0 aliphatic rings. The molecule has 0 aliphatic heterocycles. The maximum atomic E-state index is 8.89. The molecule has 0 atom stereocenters. The van der Waals surface area contributed by atoms with E-state index >= 15 is 0 Å². The summed E-state index contributed by atoms with van der Waals surface area (Å²) in [6.07, 6.45) is 0. The van der Waals surface area contributed by atoms with Gasteiger partial charge in [-0.2, -0.15) is 0 Å². The Labute approximate surface area is 84.0 Å². The highest BCUT2D eigenvalue weighted by Gasteiger charge is 2.06. The average Bonchev–Trinajstić information content (AvgIpc) is 2.04. The van der Waals surface area contributed by atoms with E-state index in [1.807, 2.05) is 12.1 Å². The number of hydrogen-bond acceptors (Lipinski definition) is 3. The Bertz CT molecular complexity index is 329. The van der Waals surface area contributed by atoms with Crippen molar-refractivity contribution in [3.8, 4) is 0 Å². The Morgan fingerprint density at radius 1 is 1.54 bits per heavy atom.